The summed E-state index contributed by atoms with van der Waals surface area (Å²) in [5.74, 6) is 1.71. The molecule has 1 aromatic carbocycles. The van der Waals surface area contributed by atoms with E-state index in [9.17, 15) is 4.79 Å². The van der Waals surface area contributed by atoms with E-state index in [4.69, 9.17) is 16.3 Å². The Hall–Kier alpha value is -3.38. The quantitative estimate of drug-likeness (QED) is 0.392. The zero-order valence-corrected chi connectivity index (χ0v) is 18.7. The Morgan fingerprint density at radius 2 is 2.03 bits per heavy atom. The minimum atomic E-state index is -0.0857. The number of nitrogens with one attached hydrogen (secondary N) is 1. The van der Waals surface area contributed by atoms with Gasteiger partial charge in [-0.15, -0.1) is 0 Å². The number of nitrogens with zero attached hydrogens (tertiary/aromatic N) is 3. The number of halogens is 1. The zero-order chi connectivity index (χ0) is 22.4. The molecule has 1 N–H and O–H groups in total. The Bertz CT molecular complexity index is 1350. The van der Waals surface area contributed by atoms with E-state index < -0.39 is 0 Å². The van der Waals surface area contributed by atoms with Crippen LogP contribution >= 0.6 is 11.6 Å². The Balaban J connectivity index is 1.12. The van der Waals surface area contributed by atoms with E-state index >= 15 is 0 Å². The molecular weight excluding hydrogens is 436 g/mol. The number of hydrogen-bond acceptors (Lipinski definition) is 4. The maximum atomic E-state index is 12.8. The van der Waals surface area contributed by atoms with Crippen molar-refractivity contribution in [2.75, 3.05) is 5.32 Å². The lowest BCUT2D eigenvalue weighted by molar-refractivity contribution is -0.117. The highest BCUT2D eigenvalue weighted by atomic mass is 35.5. The Labute approximate surface area is 196 Å². The first-order chi connectivity index (χ1) is 16.1. The second-order valence-corrected chi connectivity index (χ2v) is 9.30. The molecule has 2 saturated carbocycles. The summed E-state index contributed by atoms with van der Waals surface area (Å²) in [6.07, 6.45) is 9.15. The van der Waals surface area contributed by atoms with Crippen LogP contribution in [0.4, 0.5) is 5.82 Å². The van der Waals surface area contributed by atoms with E-state index in [2.05, 4.69) is 38.0 Å². The van der Waals surface area contributed by atoms with Gasteiger partial charge in [0.1, 0.15) is 12.3 Å². The molecule has 33 heavy (non-hydrogen) atoms. The summed E-state index contributed by atoms with van der Waals surface area (Å²) in [5.41, 5.74) is 4.18. The fourth-order valence-electron chi connectivity index (χ4n) is 4.34. The molecular formula is C26H23ClN4O2. The van der Waals surface area contributed by atoms with Gasteiger partial charge in [0.2, 0.25) is 5.91 Å². The third kappa shape index (κ3) is 4.31. The third-order valence-corrected chi connectivity index (χ3v) is 6.60. The first kappa shape index (κ1) is 20.2. The molecule has 1 unspecified atom stereocenters. The molecule has 2 fully saturated rings. The molecule has 2 aliphatic rings. The number of carbonyl (C=O) groups is 1. The zero-order valence-electron chi connectivity index (χ0n) is 17.9. The molecule has 1 amide bonds. The van der Waals surface area contributed by atoms with Gasteiger partial charge in [0.05, 0.1) is 5.69 Å². The number of fused-ring (bicyclic) bond motifs is 1. The van der Waals surface area contributed by atoms with Crippen LogP contribution in [0.15, 0.2) is 67.1 Å². The van der Waals surface area contributed by atoms with Gasteiger partial charge in [-0.05, 0) is 72.6 Å². The average molecular weight is 459 g/mol. The number of benzene rings is 1. The van der Waals surface area contributed by atoms with E-state index in [-0.39, 0.29) is 17.7 Å². The molecule has 6 rings (SSSR count). The predicted molar refractivity (Wildman–Crippen MR) is 127 cm³/mol. The highest BCUT2D eigenvalue weighted by molar-refractivity contribution is 6.30. The average Bonchev–Trinajstić information content (AvgIpc) is 3.74. The molecule has 6 nitrogen and oxygen atoms in total. The normalized spacial score (nSPS) is 19.4. The van der Waals surface area contributed by atoms with Crippen molar-refractivity contribution in [3.05, 3.63) is 89.0 Å². The van der Waals surface area contributed by atoms with E-state index in [1.165, 1.54) is 18.4 Å². The molecule has 166 valence electrons. The topological polar surface area (TPSA) is 68.5 Å². The minimum Gasteiger partial charge on any atom is -0.483 e. The lowest BCUT2D eigenvalue weighted by Gasteiger charge is -2.10. The largest absolute Gasteiger partial charge is 0.483 e. The van der Waals surface area contributed by atoms with Gasteiger partial charge in [-0.2, -0.15) is 0 Å². The monoisotopic (exact) mass is 458 g/mol. The molecule has 3 aromatic heterocycles. The fourth-order valence-corrected chi connectivity index (χ4v) is 4.54. The summed E-state index contributed by atoms with van der Waals surface area (Å²) in [6.45, 7) is 0.295. The van der Waals surface area contributed by atoms with E-state index in [1.807, 2.05) is 36.5 Å². The summed E-state index contributed by atoms with van der Waals surface area (Å²) < 4.78 is 8.06. The Morgan fingerprint density at radius 3 is 2.88 bits per heavy atom. The van der Waals surface area contributed by atoms with Crippen LogP contribution in [0.5, 0.6) is 5.75 Å². The molecule has 0 saturated heterocycles. The Kier molecular flexibility index (Phi) is 5.03. The third-order valence-electron chi connectivity index (χ3n) is 6.36. The van der Waals surface area contributed by atoms with Crippen molar-refractivity contribution < 1.29 is 9.53 Å². The van der Waals surface area contributed by atoms with Gasteiger partial charge < -0.3 is 14.5 Å². The van der Waals surface area contributed by atoms with Crippen LogP contribution < -0.4 is 10.1 Å². The lowest BCUT2D eigenvalue weighted by atomic mass is 10.1. The van der Waals surface area contributed by atoms with Gasteiger partial charge in [0, 0.05) is 29.5 Å². The predicted octanol–water partition coefficient (Wildman–Crippen LogP) is 5.58. The van der Waals surface area contributed by atoms with Crippen molar-refractivity contribution in [2.24, 2.45) is 5.92 Å². The van der Waals surface area contributed by atoms with Crippen LogP contribution in [-0.2, 0) is 11.4 Å². The maximum Gasteiger partial charge on any atom is 0.229 e. The second kappa shape index (κ2) is 8.19. The summed E-state index contributed by atoms with van der Waals surface area (Å²) in [4.78, 5) is 21.8. The number of amides is 1. The van der Waals surface area contributed by atoms with Gasteiger partial charge in [-0.3, -0.25) is 4.79 Å². The molecule has 0 radical (unpaired) electrons. The number of aromatic nitrogens is 3. The van der Waals surface area contributed by atoms with Crippen molar-refractivity contribution in [2.45, 2.75) is 37.7 Å². The van der Waals surface area contributed by atoms with Gasteiger partial charge in [0.25, 0.3) is 0 Å². The number of anilines is 1. The van der Waals surface area contributed by atoms with Crippen molar-refractivity contribution in [3.63, 3.8) is 0 Å². The van der Waals surface area contributed by atoms with Crippen LogP contribution in [0.25, 0.3) is 5.65 Å². The molecule has 0 aliphatic heterocycles. The van der Waals surface area contributed by atoms with Gasteiger partial charge in [0.15, 0.2) is 11.6 Å². The summed E-state index contributed by atoms with van der Waals surface area (Å²) in [6, 6.07) is 15.5. The number of carbonyl (C=O) groups excluding carboxylic acids is 1. The molecule has 3 heterocycles. The molecule has 2 aliphatic carbocycles. The van der Waals surface area contributed by atoms with E-state index in [0.717, 1.165) is 23.3 Å². The van der Waals surface area contributed by atoms with Crippen LogP contribution in [-0.4, -0.2) is 20.3 Å². The van der Waals surface area contributed by atoms with Crippen LogP contribution in [0.1, 0.15) is 47.9 Å². The fraction of sp³-hybridized carbons (Fsp3) is 0.269. The standard InChI is InChI=1S/C26H23ClN4O2/c27-19-4-1-3-17(11-19)21-12-22(21)26(32)30-25-23(5-2-10-28-25)33-15-20-14-31-13-18(16-6-7-16)8-9-24(31)29-20/h1-5,8-11,13-14,16,21-22H,6-7,12,15H2,(H,28,30,32)/t21?,22-/m0/s1. The van der Waals surface area contributed by atoms with Crippen LogP contribution in [0.2, 0.25) is 5.02 Å². The summed E-state index contributed by atoms with van der Waals surface area (Å²) >= 11 is 6.10. The van der Waals surface area contributed by atoms with Crippen LogP contribution in [0.3, 0.4) is 0 Å². The van der Waals surface area contributed by atoms with E-state index in [1.54, 1.807) is 12.3 Å². The smallest absolute Gasteiger partial charge is 0.229 e. The summed E-state index contributed by atoms with van der Waals surface area (Å²) in [5, 5.41) is 3.63. The number of ether oxygens (including phenoxy) is 1. The molecule has 0 spiro atoms. The molecule has 7 heteroatoms. The SMILES string of the molecule is O=C(Nc1ncccc1OCc1cn2cc(C3CC3)ccc2n1)[C@H]1CC1c1cccc(Cl)c1. The van der Waals surface area contributed by atoms with Crippen LogP contribution in [0, 0.1) is 5.92 Å². The summed E-state index contributed by atoms with van der Waals surface area (Å²) in [7, 11) is 0. The molecule has 2 atom stereocenters. The first-order valence-electron chi connectivity index (χ1n) is 11.3. The highest BCUT2D eigenvalue weighted by Gasteiger charge is 2.44. The van der Waals surface area contributed by atoms with Crippen molar-refractivity contribution in [1.29, 1.82) is 0 Å². The van der Waals surface area contributed by atoms with Gasteiger partial charge in [-0.25, -0.2) is 9.97 Å². The Morgan fingerprint density at radius 1 is 1.12 bits per heavy atom. The van der Waals surface area contributed by atoms with Crippen molar-refractivity contribution in [3.8, 4) is 5.75 Å². The second-order valence-electron chi connectivity index (χ2n) is 8.87. The van der Waals surface area contributed by atoms with Gasteiger partial charge >= 0.3 is 0 Å². The number of rotatable bonds is 7. The minimum absolute atomic E-state index is 0.0520. The van der Waals surface area contributed by atoms with E-state index in [0.29, 0.717) is 29.1 Å². The first-order valence-corrected chi connectivity index (χ1v) is 11.6. The van der Waals surface area contributed by atoms with Crippen molar-refractivity contribution >= 4 is 29.0 Å². The maximum absolute atomic E-state index is 12.8. The lowest BCUT2D eigenvalue weighted by Crippen LogP contribution is -2.16. The molecule has 4 aromatic rings. The number of imidazole rings is 1. The molecule has 0 bridgehead atoms. The van der Waals surface area contributed by atoms with Gasteiger partial charge in [-0.1, -0.05) is 29.8 Å². The highest BCUT2D eigenvalue weighted by Crippen LogP contribution is 2.48. The van der Waals surface area contributed by atoms with Crippen molar-refractivity contribution in [1.82, 2.24) is 14.4 Å². The number of pyridine rings is 2. The number of hydrogen-bond donors (Lipinski definition) is 1.